The third kappa shape index (κ3) is 2.03. The molecule has 1 aromatic heterocycles. The van der Waals surface area contributed by atoms with E-state index in [2.05, 4.69) is 10.1 Å². The fourth-order valence-corrected chi connectivity index (χ4v) is 1.81. The number of aliphatic hydroxyl groups is 1. The van der Waals surface area contributed by atoms with Crippen LogP contribution in [0.2, 0.25) is 0 Å². The zero-order valence-electron chi connectivity index (χ0n) is 9.06. The van der Waals surface area contributed by atoms with Crippen LogP contribution in [0.3, 0.4) is 0 Å². The normalized spacial score (nSPS) is 21.0. The number of hydrogen-bond donors (Lipinski definition) is 1. The van der Waals surface area contributed by atoms with Crippen molar-refractivity contribution in [1.82, 2.24) is 10.1 Å². The summed E-state index contributed by atoms with van der Waals surface area (Å²) in [4.78, 5) is 4.12. The Morgan fingerprint density at radius 3 is 2.73 bits per heavy atom. The van der Waals surface area contributed by atoms with Gasteiger partial charge in [-0.05, 0) is 26.2 Å². The fraction of sp³-hybridized carbons (Fsp3) is 0.800. The van der Waals surface area contributed by atoms with Crippen molar-refractivity contribution in [2.75, 3.05) is 7.11 Å². The highest BCUT2D eigenvalue weighted by molar-refractivity contribution is 4.99. The first-order chi connectivity index (χ1) is 7.15. The second-order valence-electron chi connectivity index (χ2n) is 4.14. The summed E-state index contributed by atoms with van der Waals surface area (Å²) in [6.07, 6.45) is 3.22. The average molecular weight is 212 g/mol. The first-order valence-electron chi connectivity index (χ1n) is 5.21. The van der Waals surface area contributed by atoms with Crippen LogP contribution in [-0.4, -0.2) is 28.0 Å². The van der Waals surface area contributed by atoms with Gasteiger partial charge in [-0.1, -0.05) is 5.16 Å². The third-order valence-corrected chi connectivity index (χ3v) is 3.03. The van der Waals surface area contributed by atoms with Crippen molar-refractivity contribution in [1.29, 1.82) is 0 Å². The number of nitrogens with zero attached hydrogens (tertiary/aromatic N) is 2. The van der Waals surface area contributed by atoms with Crippen molar-refractivity contribution >= 4 is 0 Å². The quantitative estimate of drug-likeness (QED) is 0.813. The third-order valence-electron chi connectivity index (χ3n) is 3.03. The van der Waals surface area contributed by atoms with Crippen molar-refractivity contribution < 1.29 is 14.4 Å². The van der Waals surface area contributed by atoms with Gasteiger partial charge in [0.1, 0.15) is 6.10 Å². The zero-order valence-corrected chi connectivity index (χ0v) is 9.06. The number of aromatic nitrogens is 2. The minimum Gasteiger partial charge on any atom is -0.385 e. The minimum absolute atomic E-state index is 0.109. The molecule has 0 spiro atoms. The van der Waals surface area contributed by atoms with E-state index in [0.717, 1.165) is 12.8 Å². The molecule has 0 aliphatic heterocycles. The Hall–Kier alpha value is -0.940. The van der Waals surface area contributed by atoms with Gasteiger partial charge in [-0.25, -0.2) is 0 Å². The molecule has 0 aromatic carbocycles. The van der Waals surface area contributed by atoms with E-state index in [9.17, 15) is 5.11 Å². The number of hydrogen-bond acceptors (Lipinski definition) is 5. The van der Waals surface area contributed by atoms with Gasteiger partial charge in [0.25, 0.3) is 0 Å². The lowest BCUT2D eigenvalue weighted by Gasteiger charge is -2.39. The Labute approximate surface area is 88.4 Å². The first kappa shape index (κ1) is 10.6. The molecule has 1 unspecified atom stereocenters. The summed E-state index contributed by atoms with van der Waals surface area (Å²) in [5, 5.41) is 12.9. The van der Waals surface area contributed by atoms with Gasteiger partial charge in [0.2, 0.25) is 5.89 Å². The van der Waals surface area contributed by atoms with Crippen molar-refractivity contribution in [3.05, 3.63) is 11.7 Å². The van der Waals surface area contributed by atoms with Crippen LogP contribution in [0.15, 0.2) is 4.52 Å². The van der Waals surface area contributed by atoms with Crippen LogP contribution in [0.25, 0.3) is 0 Å². The minimum atomic E-state index is -0.678. The Morgan fingerprint density at radius 1 is 1.60 bits per heavy atom. The van der Waals surface area contributed by atoms with E-state index in [1.54, 1.807) is 14.0 Å². The fourth-order valence-electron chi connectivity index (χ4n) is 1.81. The van der Waals surface area contributed by atoms with Gasteiger partial charge in [0.15, 0.2) is 5.82 Å². The molecule has 1 aromatic rings. The van der Waals surface area contributed by atoms with Crippen LogP contribution in [0.5, 0.6) is 0 Å². The van der Waals surface area contributed by atoms with Gasteiger partial charge in [0.05, 0.1) is 12.0 Å². The largest absolute Gasteiger partial charge is 0.385 e. The molecular weight excluding hydrogens is 196 g/mol. The maximum atomic E-state index is 9.25. The second-order valence-corrected chi connectivity index (χ2v) is 4.14. The molecule has 0 saturated heterocycles. The predicted octanol–water partition coefficient (Wildman–Crippen LogP) is 1.23. The van der Waals surface area contributed by atoms with Crippen LogP contribution in [0, 0.1) is 0 Å². The summed E-state index contributed by atoms with van der Waals surface area (Å²) in [5.41, 5.74) is -0.109. The van der Waals surface area contributed by atoms with Crippen molar-refractivity contribution in [3.63, 3.8) is 0 Å². The molecule has 1 fully saturated rings. The molecule has 1 saturated carbocycles. The standard InChI is InChI=1S/C10H16N2O3/c1-7(13)9-11-8(15-12-9)6-10(14-2)4-3-5-10/h7,13H,3-6H2,1-2H3. The summed E-state index contributed by atoms with van der Waals surface area (Å²) in [7, 11) is 1.71. The van der Waals surface area contributed by atoms with Gasteiger partial charge >= 0.3 is 0 Å². The molecule has 1 heterocycles. The molecule has 0 bridgehead atoms. The molecule has 84 valence electrons. The smallest absolute Gasteiger partial charge is 0.229 e. The van der Waals surface area contributed by atoms with Crippen molar-refractivity contribution in [2.45, 2.75) is 44.3 Å². The molecular formula is C10H16N2O3. The average Bonchev–Trinajstić information content (AvgIpc) is 2.59. The Bertz CT molecular complexity index is 326. The highest BCUT2D eigenvalue weighted by Gasteiger charge is 2.38. The van der Waals surface area contributed by atoms with Crippen molar-refractivity contribution in [3.8, 4) is 0 Å². The van der Waals surface area contributed by atoms with E-state index >= 15 is 0 Å². The monoisotopic (exact) mass is 212 g/mol. The van der Waals surface area contributed by atoms with E-state index in [1.807, 2.05) is 0 Å². The van der Waals surface area contributed by atoms with E-state index in [-0.39, 0.29) is 5.60 Å². The van der Waals surface area contributed by atoms with Gasteiger partial charge in [-0.2, -0.15) is 4.98 Å². The van der Waals surface area contributed by atoms with E-state index in [1.165, 1.54) is 6.42 Å². The molecule has 1 N–H and O–H groups in total. The molecule has 0 amide bonds. The Balaban J connectivity index is 2.04. The highest BCUT2D eigenvalue weighted by atomic mass is 16.5. The SMILES string of the molecule is COC1(Cc2nc(C(C)O)no2)CCC1. The van der Waals surface area contributed by atoms with E-state index in [4.69, 9.17) is 9.26 Å². The summed E-state index contributed by atoms with van der Waals surface area (Å²) < 4.78 is 10.5. The van der Waals surface area contributed by atoms with Gasteiger partial charge in [-0.15, -0.1) is 0 Å². The van der Waals surface area contributed by atoms with E-state index < -0.39 is 6.10 Å². The number of rotatable bonds is 4. The summed E-state index contributed by atoms with van der Waals surface area (Å²) >= 11 is 0. The van der Waals surface area contributed by atoms with Gasteiger partial charge in [0, 0.05) is 7.11 Å². The molecule has 2 rings (SSSR count). The Morgan fingerprint density at radius 2 is 2.33 bits per heavy atom. The second kappa shape index (κ2) is 3.90. The van der Waals surface area contributed by atoms with Crippen LogP contribution >= 0.6 is 0 Å². The topological polar surface area (TPSA) is 68.4 Å². The van der Waals surface area contributed by atoms with Gasteiger partial charge in [-0.3, -0.25) is 0 Å². The lowest BCUT2D eigenvalue weighted by Crippen LogP contribution is -2.41. The predicted molar refractivity (Wildman–Crippen MR) is 52.2 cm³/mol. The van der Waals surface area contributed by atoms with E-state index in [0.29, 0.717) is 18.1 Å². The molecule has 1 atom stereocenters. The number of aliphatic hydroxyl groups excluding tert-OH is 1. The zero-order chi connectivity index (χ0) is 10.9. The number of ether oxygens (including phenoxy) is 1. The lowest BCUT2D eigenvalue weighted by molar-refractivity contribution is -0.0751. The van der Waals surface area contributed by atoms with Crippen LogP contribution in [0.4, 0.5) is 0 Å². The summed E-state index contributed by atoms with van der Waals surface area (Å²) in [5.74, 6) is 0.892. The van der Waals surface area contributed by atoms with Gasteiger partial charge < -0.3 is 14.4 Å². The molecule has 1 aliphatic carbocycles. The molecule has 1 aliphatic rings. The molecule has 15 heavy (non-hydrogen) atoms. The molecule has 0 radical (unpaired) electrons. The van der Waals surface area contributed by atoms with Crippen LogP contribution in [0.1, 0.15) is 44.0 Å². The van der Waals surface area contributed by atoms with Crippen LogP contribution in [-0.2, 0) is 11.2 Å². The maximum absolute atomic E-state index is 9.25. The van der Waals surface area contributed by atoms with Crippen molar-refractivity contribution in [2.24, 2.45) is 0 Å². The first-order valence-corrected chi connectivity index (χ1v) is 5.21. The Kier molecular flexibility index (Phi) is 2.75. The maximum Gasteiger partial charge on any atom is 0.229 e. The number of methoxy groups -OCH3 is 1. The molecule has 5 nitrogen and oxygen atoms in total. The molecule has 5 heteroatoms. The lowest BCUT2D eigenvalue weighted by atomic mass is 9.77. The summed E-state index contributed by atoms with van der Waals surface area (Å²) in [6, 6.07) is 0. The summed E-state index contributed by atoms with van der Waals surface area (Å²) in [6.45, 7) is 1.62. The van der Waals surface area contributed by atoms with Crippen LogP contribution < -0.4 is 0 Å². The highest BCUT2D eigenvalue weighted by Crippen LogP contribution is 2.37.